The molecule has 6 heteroatoms. The minimum Gasteiger partial charge on any atom is -0.348 e. The van der Waals surface area contributed by atoms with Crippen molar-refractivity contribution in [3.63, 3.8) is 0 Å². The third kappa shape index (κ3) is 1.77. The lowest BCUT2D eigenvalue weighted by Gasteiger charge is -2.08. The van der Waals surface area contributed by atoms with Gasteiger partial charge >= 0.3 is 5.69 Å². The summed E-state index contributed by atoms with van der Waals surface area (Å²) >= 11 is 0. The summed E-state index contributed by atoms with van der Waals surface area (Å²) in [5, 5.41) is 8.72. The molecular weight excluding hydrogens is 278 g/mol. The normalized spacial score (nSPS) is 11.1. The van der Waals surface area contributed by atoms with Gasteiger partial charge in [-0.25, -0.2) is 19.4 Å². The Balaban J connectivity index is 2.06. The van der Waals surface area contributed by atoms with Crippen molar-refractivity contribution in [2.45, 2.75) is 6.92 Å². The quantitative estimate of drug-likeness (QED) is 0.595. The van der Waals surface area contributed by atoms with Gasteiger partial charge < -0.3 is 4.98 Å². The average Bonchev–Trinajstić information content (AvgIpc) is 3.12. The van der Waals surface area contributed by atoms with Crippen molar-refractivity contribution in [2.24, 2.45) is 0 Å². The number of rotatable bonds is 2. The first kappa shape index (κ1) is 12.6. The summed E-state index contributed by atoms with van der Waals surface area (Å²) in [5.74, 6) is 0.500. The van der Waals surface area contributed by atoms with Crippen LogP contribution in [0.1, 0.15) is 5.69 Å². The van der Waals surface area contributed by atoms with E-state index in [-0.39, 0.29) is 5.69 Å². The molecule has 0 fully saturated rings. The molecule has 0 radical (unpaired) electrons. The van der Waals surface area contributed by atoms with Gasteiger partial charge in [-0.05, 0) is 18.4 Å². The molecule has 0 spiro atoms. The number of hydrogen-bond donors (Lipinski definition) is 2. The Hall–Kier alpha value is -3.15. The van der Waals surface area contributed by atoms with Crippen molar-refractivity contribution in [1.29, 1.82) is 0 Å². The minimum atomic E-state index is -0.284. The summed E-state index contributed by atoms with van der Waals surface area (Å²) < 4.78 is 1.56. The van der Waals surface area contributed by atoms with E-state index in [1.807, 2.05) is 49.4 Å². The van der Waals surface area contributed by atoms with Gasteiger partial charge in [-0.3, -0.25) is 0 Å². The monoisotopic (exact) mass is 291 g/mol. The average molecular weight is 291 g/mol. The minimum absolute atomic E-state index is 0.284. The van der Waals surface area contributed by atoms with Crippen LogP contribution in [-0.4, -0.2) is 24.7 Å². The third-order valence-electron chi connectivity index (χ3n) is 3.72. The van der Waals surface area contributed by atoms with Crippen molar-refractivity contribution in [1.82, 2.24) is 24.7 Å². The molecule has 22 heavy (non-hydrogen) atoms. The highest BCUT2D eigenvalue weighted by Gasteiger charge is 2.17. The molecule has 0 atom stereocenters. The SMILES string of the molecule is Cc1[nH]cnc1-c1n[nH]c(=O)n1-c1cccc2ccccc12. The second kappa shape index (κ2) is 4.70. The predicted octanol–water partition coefficient (Wildman–Crippen LogP) is 2.41. The van der Waals surface area contributed by atoms with Crippen molar-refractivity contribution >= 4 is 10.8 Å². The van der Waals surface area contributed by atoms with E-state index in [2.05, 4.69) is 20.2 Å². The van der Waals surface area contributed by atoms with Crippen LogP contribution in [0.2, 0.25) is 0 Å². The number of fused-ring (bicyclic) bond motifs is 1. The third-order valence-corrected chi connectivity index (χ3v) is 3.72. The van der Waals surface area contributed by atoms with Crippen molar-refractivity contribution in [3.8, 4) is 17.2 Å². The smallest absolute Gasteiger partial charge is 0.348 e. The number of nitrogens with one attached hydrogen (secondary N) is 2. The zero-order chi connectivity index (χ0) is 15.1. The fraction of sp³-hybridized carbons (Fsp3) is 0.0625. The van der Waals surface area contributed by atoms with Gasteiger partial charge in [-0.2, -0.15) is 5.10 Å². The number of aryl methyl sites for hydroxylation is 1. The molecule has 0 aliphatic rings. The maximum Gasteiger partial charge on any atom is 0.348 e. The highest BCUT2D eigenvalue weighted by Crippen LogP contribution is 2.25. The maximum atomic E-state index is 12.3. The van der Waals surface area contributed by atoms with Gasteiger partial charge in [-0.1, -0.05) is 36.4 Å². The van der Waals surface area contributed by atoms with Crippen LogP contribution in [0.3, 0.4) is 0 Å². The number of benzene rings is 2. The first-order valence-corrected chi connectivity index (χ1v) is 6.91. The first-order chi connectivity index (χ1) is 10.8. The lowest BCUT2D eigenvalue weighted by atomic mass is 10.1. The molecule has 2 aromatic carbocycles. The molecule has 2 aromatic heterocycles. The lowest BCUT2D eigenvalue weighted by molar-refractivity contribution is 0.990. The van der Waals surface area contributed by atoms with E-state index in [1.54, 1.807) is 10.9 Å². The van der Waals surface area contributed by atoms with Crippen molar-refractivity contribution in [2.75, 3.05) is 0 Å². The lowest BCUT2D eigenvalue weighted by Crippen LogP contribution is -2.16. The van der Waals surface area contributed by atoms with Crippen LogP contribution in [0.15, 0.2) is 53.6 Å². The molecule has 0 saturated heterocycles. The van der Waals surface area contributed by atoms with Gasteiger partial charge in [0.2, 0.25) is 0 Å². The second-order valence-electron chi connectivity index (χ2n) is 5.06. The molecule has 0 aliphatic carbocycles. The van der Waals surface area contributed by atoms with Crippen LogP contribution in [0.5, 0.6) is 0 Å². The summed E-state index contributed by atoms with van der Waals surface area (Å²) in [7, 11) is 0. The van der Waals surface area contributed by atoms with Gasteiger partial charge in [0.1, 0.15) is 5.69 Å². The van der Waals surface area contributed by atoms with Crippen LogP contribution in [0, 0.1) is 6.92 Å². The number of nitrogens with zero attached hydrogens (tertiary/aromatic N) is 3. The second-order valence-corrected chi connectivity index (χ2v) is 5.06. The standard InChI is InChI=1S/C16H13N5O/c1-10-14(18-9-17-10)15-19-20-16(22)21(15)13-8-4-6-11-5-2-3-7-12(11)13/h2-9H,1H3,(H,17,18)(H,20,22). The molecule has 0 saturated carbocycles. The zero-order valence-corrected chi connectivity index (χ0v) is 11.9. The Morgan fingerprint density at radius 2 is 1.91 bits per heavy atom. The summed E-state index contributed by atoms with van der Waals surface area (Å²) in [6.07, 6.45) is 1.59. The number of H-pyrrole nitrogens is 2. The van der Waals surface area contributed by atoms with E-state index in [4.69, 9.17) is 0 Å². The first-order valence-electron chi connectivity index (χ1n) is 6.91. The van der Waals surface area contributed by atoms with Crippen molar-refractivity contribution in [3.05, 3.63) is 65.0 Å². The number of imidazole rings is 1. The van der Waals surface area contributed by atoms with Crippen LogP contribution < -0.4 is 5.69 Å². The number of aromatic nitrogens is 5. The van der Waals surface area contributed by atoms with Gasteiger partial charge in [0.25, 0.3) is 0 Å². The van der Waals surface area contributed by atoms with E-state index in [0.29, 0.717) is 11.5 Å². The molecule has 0 bridgehead atoms. The van der Waals surface area contributed by atoms with Crippen LogP contribution in [-0.2, 0) is 0 Å². The molecule has 0 aliphatic heterocycles. The van der Waals surface area contributed by atoms with E-state index in [0.717, 1.165) is 22.2 Å². The predicted molar refractivity (Wildman–Crippen MR) is 84.0 cm³/mol. The van der Waals surface area contributed by atoms with E-state index in [9.17, 15) is 4.79 Å². The largest absolute Gasteiger partial charge is 0.348 e. The highest BCUT2D eigenvalue weighted by atomic mass is 16.1. The molecule has 4 aromatic rings. The highest BCUT2D eigenvalue weighted by molar-refractivity contribution is 5.90. The summed E-state index contributed by atoms with van der Waals surface area (Å²) in [6.45, 7) is 1.90. The van der Waals surface area contributed by atoms with Crippen molar-refractivity contribution < 1.29 is 0 Å². The van der Waals surface area contributed by atoms with Gasteiger partial charge in [-0.15, -0.1) is 0 Å². The molecule has 6 nitrogen and oxygen atoms in total. The Bertz CT molecular complexity index is 1020. The summed E-state index contributed by atoms with van der Waals surface area (Å²) in [4.78, 5) is 19.6. The van der Waals surface area contributed by atoms with E-state index in [1.165, 1.54) is 0 Å². The molecule has 0 amide bonds. The number of aromatic amines is 2. The molecule has 0 unspecified atom stereocenters. The Kier molecular flexibility index (Phi) is 2.69. The Morgan fingerprint density at radius 3 is 2.73 bits per heavy atom. The Morgan fingerprint density at radius 1 is 1.09 bits per heavy atom. The summed E-state index contributed by atoms with van der Waals surface area (Å²) in [6, 6.07) is 13.8. The Labute approximate surface area is 125 Å². The van der Waals surface area contributed by atoms with Crippen LogP contribution in [0.4, 0.5) is 0 Å². The fourth-order valence-electron chi connectivity index (χ4n) is 2.67. The van der Waals surface area contributed by atoms with Gasteiger partial charge in [0.05, 0.1) is 12.0 Å². The summed E-state index contributed by atoms with van der Waals surface area (Å²) in [5.41, 5.74) is 2.02. The fourth-order valence-corrected chi connectivity index (χ4v) is 2.67. The number of hydrogen-bond acceptors (Lipinski definition) is 3. The molecular formula is C16H13N5O. The molecule has 4 rings (SSSR count). The molecule has 2 heterocycles. The molecule has 108 valence electrons. The topological polar surface area (TPSA) is 79.4 Å². The van der Waals surface area contributed by atoms with Crippen LogP contribution >= 0.6 is 0 Å². The van der Waals surface area contributed by atoms with E-state index >= 15 is 0 Å². The zero-order valence-electron chi connectivity index (χ0n) is 11.9. The van der Waals surface area contributed by atoms with Gasteiger partial charge in [0.15, 0.2) is 5.82 Å². The maximum absolute atomic E-state index is 12.3. The van der Waals surface area contributed by atoms with E-state index < -0.39 is 0 Å². The molecule has 2 N–H and O–H groups in total. The van der Waals surface area contributed by atoms with Crippen LogP contribution in [0.25, 0.3) is 28.0 Å². The van der Waals surface area contributed by atoms with Gasteiger partial charge in [0, 0.05) is 11.1 Å².